The third kappa shape index (κ3) is 17.1. The largest absolute Gasteiger partial charge is 0.394 e. The molecule has 0 aromatic rings. The Morgan fingerprint density at radius 2 is 1.07 bits per heavy atom. The molecular weight excluding hydrogens is 382 g/mol. The lowest BCUT2D eigenvalue weighted by molar-refractivity contribution is -0.113. The third-order valence-electron chi connectivity index (χ3n) is 5.61. The molecule has 4 atom stereocenters. The molecule has 0 heterocycles. The summed E-state index contributed by atoms with van der Waals surface area (Å²) in [5.41, 5.74) is 0. The Morgan fingerprint density at radius 3 is 1.53 bits per heavy atom. The zero-order valence-corrected chi connectivity index (χ0v) is 19.2. The minimum Gasteiger partial charge on any atom is -0.394 e. The molecule has 0 unspecified atom stereocenters. The van der Waals surface area contributed by atoms with Crippen molar-refractivity contribution in [2.45, 2.75) is 128 Å². The van der Waals surface area contributed by atoms with Crippen molar-refractivity contribution >= 4 is 0 Å². The molecular formula is C24H49NO5. The fraction of sp³-hybridized carbons (Fsp3) is 0.917. The van der Waals surface area contributed by atoms with Gasteiger partial charge in [0.05, 0.1) is 12.7 Å². The molecule has 6 N–H and O–H groups in total. The Hall–Kier alpha value is -0.660. The van der Waals surface area contributed by atoms with Gasteiger partial charge in [0.2, 0.25) is 0 Å². The van der Waals surface area contributed by atoms with Crippen LogP contribution >= 0.6 is 0 Å². The zero-order valence-electron chi connectivity index (χ0n) is 19.2. The van der Waals surface area contributed by atoms with Gasteiger partial charge < -0.3 is 30.8 Å². The number of aliphatic hydroxyl groups excluding tert-OH is 5. The first-order chi connectivity index (χ1) is 14.5. The van der Waals surface area contributed by atoms with E-state index in [1.807, 2.05) is 6.08 Å². The van der Waals surface area contributed by atoms with Crippen molar-refractivity contribution in [1.82, 2.24) is 5.32 Å². The topological polar surface area (TPSA) is 113 Å². The highest BCUT2D eigenvalue weighted by molar-refractivity contribution is 4.85. The molecule has 0 saturated carbocycles. The molecule has 0 aliphatic carbocycles. The Balaban J connectivity index is 3.40. The van der Waals surface area contributed by atoms with Crippen LogP contribution in [-0.4, -0.2) is 63.1 Å². The lowest BCUT2D eigenvalue weighted by atomic mass is 10.0. The summed E-state index contributed by atoms with van der Waals surface area (Å²) in [5, 5.41) is 49.9. The van der Waals surface area contributed by atoms with Crippen molar-refractivity contribution in [3.05, 3.63) is 12.3 Å². The van der Waals surface area contributed by atoms with E-state index in [1.165, 1.54) is 83.5 Å². The monoisotopic (exact) mass is 431 g/mol. The Bertz CT molecular complexity index is 381. The normalized spacial score (nSPS) is 15.9. The summed E-state index contributed by atoms with van der Waals surface area (Å²) in [6.07, 6.45) is 17.8. The van der Waals surface area contributed by atoms with Gasteiger partial charge in [-0.1, -0.05) is 96.5 Å². The van der Waals surface area contributed by atoms with Crippen LogP contribution in [0.5, 0.6) is 0 Å². The molecule has 0 aromatic heterocycles. The first kappa shape index (κ1) is 29.3. The van der Waals surface area contributed by atoms with Crippen LogP contribution in [0.25, 0.3) is 0 Å². The van der Waals surface area contributed by atoms with Gasteiger partial charge >= 0.3 is 0 Å². The minimum absolute atomic E-state index is 0.0611. The molecule has 0 fully saturated rings. The van der Waals surface area contributed by atoms with Crippen molar-refractivity contribution < 1.29 is 25.5 Å². The average molecular weight is 432 g/mol. The van der Waals surface area contributed by atoms with Crippen LogP contribution in [0.1, 0.15) is 103 Å². The number of aliphatic hydroxyl groups is 5. The number of hydrogen-bond donors (Lipinski definition) is 6. The SMILES string of the molecule is CCCCCCCCCCCCCCCCC=CNC[C@H](O)[C@@H](O)[C@H](O)[C@H](O)CO. The maximum atomic E-state index is 9.77. The molecule has 0 radical (unpaired) electrons. The van der Waals surface area contributed by atoms with Crippen LogP contribution in [-0.2, 0) is 0 Å². The highest BCUT2D eigenvalue weighted by Gasteiger charge is 2.29. The zero-order chi connectivity index (χ0) is 22.5. The van der Waals surface area contributed by atoms with E-state index < -0.39 is 31.0 Å². The predicted octanol–water partition coefficient (Wildman–Crippen LogP) is 3.40. The molecule has 0 aliphatic rings. The van der Waals surface area contributed by atoms with Gasteiger partial charge in [-0.15, -0.1) is 0 Å². The van der Waals surface area contributed by atoms with Crippen molar-refractivity contribution in [3.63, 3.8) is 0 Å². The van der Waals surface area contributed by atoms with Gasteiger partial charge in [0, 0.05) is 6.54 Å². The van der Waals surface area contributed by atoms with Gasteiger partial charge in [0.25, 0.3) is 0 Å². The smallest absolute Gasteiger partial charge is 0.111 e. The van der Waals surface area contributed by atoms with E-state index in [0.29, 0.717) is 0 Å². The summed E-state index contributed by atoms with van der Waals surface area (Å²) in [6.45, 7) is 1.66. The van der Waals surface area contributed by atoms with Crippen molar-refractivity contribution in [2.75, 3.05) is 13.2 Å². The average Bonchev–Trinajstić information content (AvgIpc) is 2.76. The predicted molar refractivity (Wildman–Crippen MR) is 123 cm³/mol. The highest BCUT2D eigenvalue weighted by atomic mass is 16.4. The lowest BCUT2D eigenvalue weighted by Crippen LogP contribution is -2.48. The summed E-state index contributed by atoms with van der Waals surface area (Å²) < 4.78 is 0. The van der Waals surface area contributed by atoms with Crippen molar-refractivity contribution in [1.29, 1.82) is 0 Å². The number of unbranched alkanes of at least 4 members (excludes halogenated alkanes) is 14. The lowest BCUT2D eigenvalue weighted by Gasteiger charge is -2.25. The molecule has 0 aliphatic heterocycles. The molecule has 0 aromatic carbocycles. The van der Waals surface area contributed by atoms with Gasteiger partial charge in [-0.25, -0.2) is 0 Å². The van der Waals surface area contributed by atoms with Gasteiger partial charge in [-0.2, -0.15) is 0 Å². The van der Waals surface area contributed by atoms with E-state index in [0.717, 1.165) is 12.8 Å². The molecule has 0 rings (SSSR count). The maximum Gasteiger partial charge on any atom is 0.111 e. The molecule has 6 nitrogen and oxygen atoms in total. The van der Waals surface area contributed by atoms with Crippen LogP contribution in [0.2, 0.25) is 0 Å². The van der Waals surface area contributed by atoms with E-state index in [1.54, 1.807) is 6.20 Å². The molecule has 0 bridgehead atoms. The Kier molecular flexibility index (Phi) is 21.1. The van der Waals surface area contributed by atoms with Crippen LogP contribution in [0, 0.1) is 0 Å². The molecule has 0 saturated heterocycles. The highest BCUT2D eigenvalue weighted by Crippen LogP contribution is 2.13. The van der Waals surface area contributed by atoms with Gasteiger partial charge in [-0.05, 0) is 19.0 Å². The number of nitrogens with one attached hydrogen (secondary N) is 1. The number of allylic oxidation sites excluding steroid dienone is 1. The van der Waals surface area contributed by atoms with Crippen LogP contribution in [0.4, 0.5) is 0 Å². The van der Waals surface area contributed by atoms with Crippen molar-refractivity contribution in [2.24, 2.45) is 0 Å². The van der Waals surface area contributed by atoms with E-state index in [-0.39, 0.29) is 6.54 Å². The van der Waals surface area contributed by atoms with Crippen LogP contribution < -0.4 is 5.32 Å². The summed E-state index contributed by atoms with van der Waals surface area (Å²) in [5.74, 6) is 0. The third-order valence-corrected chi connectivity index (χ3v) is 5.61. The fourth-order valence-electron chi connectivity index (χ4n) is 3.50. The van der Waals surface area contributed by atoms with E-state index >= 15 is 0 Å². The number of rotatable bonds is 22. The maximum absolute atomic E-state index is 9.77. The summed E-state index contributed by atoms with van der Waals surface area (Å²) in [7, 11) is 0. The number of hydrogen-bond acceptors (Lipinski definition) is 6. The Labute approximate surface area is 184 Å². The summed E-state index contributed by atoms with van der Waals surface area (Å²) in [4.78, 5) is 0. The quantitative estimate of drug-likeness (QED) is 0.147. The summed E-state index contributed by atoms with van der Waals surface area (Å²) in [6, 6.07) is 0. The van der Waals surface area contributed by atoms with Crippen molar-refractivity contribution in [3.8, 4) is 0 Å². The molecule has 0 spiro atoms. The van der Waals surface area contributed by atoms with Crippen LogP contribution in [0.15, 0.2) is 12.3 Å². The second kappa shape index (κ2) is 21.6. The van der Waals surface area contributed by atoms with Gasteiger partial charge in [0.1, 0.15) is 18.3 Å². The standard InChI is InChI=1S/C24H49NO5/c1-2-3-4-5-6-7-8-9-10-11-12-13-14-15-16-17-18-25-19-21(27)23(29)24(30)22(28)20-26/h17-18,21-30H,2-16,19-20H2,1H3/t21-,22+,23+,24+/m0/s1. The fourth-order valence-corrected chi connectivity index (χ4v) is 3.50. The Morgan fingerprint density at radius 1 is 0.633 bits per heavy atom. The first-order valence-corrected chi connectivity index (χ1v) is 12.3. The summed E-state index contributed by atoms with van der Waals surface area (Å²) >= 11 is 0. The molecule has 6 heteroatoms. The van der Waals surface area contributed by atoms with Gasteiger partial charge in [0.15, 0.2) is 0 Å². The van der Waals surface area contributed by atoms with E-state index in [2.05, 4.69) is 12.2 Å². The van der Waals surface area contributed by atoms with E-state index in [4.69, 9.17) is 5.11 Å². The van der Waals surface area contributed by atoms with Crippen LogP contribution in [0.3, 0.4) is 0 Å². The molecule has 0 amide bonds. The molecule has 30 heavy (non-hydrogen) atoms. The second-order valence-corrected chi connectivity index (χ2v) is 8.49. The second-order valence-electron chi connectivity index (χ2n) is 8.49. The first-order valence-electron chi connectivity index (χ1n) is 12.3. The minimum atomic E-state index is -1.58. The van der Waals surface area contributed by atoms with E-state index in [9.17, 15) is 20.4 Å². The van der Waals surface area contributed by atoms with Gasteiger partial charge in [-0.3, -0.25) is 0 Å². The molecule has 180 valence electrons.